The zero-order valence-electron chi connectivity index (χ0n) is 9.14. The number of ketones is 1. The summed E-state index contributed by atoms with van der Waals surface area (Å²) in [6.45, 7) is 0.258. The second-order valence-electron chi connectivity index (χ2n) is 3.68. The number of rotatable bonds is 3. The van der Waals surface area contributed by atoms with Gasteiger partial charge in [-0.15, -0.1) is 0 Å². The van der Waals surface area contributed by atoms with Crippen LogP contribution in [0.4, 0.5) is 5.82 Å². The summed E-state index contributed by atoms with van der Waals surface area (Å²) in [7, 11) is 0. The Labute approximate surface area is 108 Å². The Morgan fingerprint density at radius 2 is 1.88 bits per heavy atom. The van der Waals surface area contributed by atoms with E-state index >= 15 is 0 Å². The SMILES string of the molecule is Nc1cccc[n+]1CC(=O)c1ccc(Br)cc1. The van der Waals surface area contributed by atoms with Crippen LogP contribution in [0.1, 0.15) is 10.4 Å². The summed E-state index contributed by atoms with van der Waals surface area (Å²) in [5.41, 5.74) is 6.46. The Morgan fingerprint density at radius 3 is 2.53 bits per heavy atom. The van der Waals surface area contributed by atoms with Gasteiger partial charge in [-0.05, 0) is 18.2 Å². The molecule has 2 rings (SSSR count). The molecule has 0 saturated heterocycles. The number of Topliss-reactive ketones (excluding diaryl/α,β-unsaturated/α-hetero) is 1. The number of halogens is 1. The lowest BCUT2D eigenvalue weighted by Gasteiger charge is -2.02. The van der Waals surface area contributed by atoms with E-state index in [4.69, 9.17) is 5.73 Å². The lowest BCUT2D eigenvalue weighted by Crippen LogP contribution is -2.40. The van der Waals surface area contributed by atoms with Crippen LogP contribution in [-0.2, 0) is 6.54 Å². The van der Waals surface area contributed by atoms with E-state index in [1.54, 1.807) is 29.0 Å². The summed E-state index contributed by atoms with van der Waals surface area (Å²) < 4.78 is 2.69. The van der Waals surface area contributed by atoms with Crippen molar-refractivity contribution in [3.8, 4) is 0 Å². The first-order valence-corrected chi connectivity index (χ1v) is 5.99. The highest BCUT2D eigenvalue weighted by Gasteiger charge is 2.11. The Morgan fingerprint density at radius 1 is 1.18 bits per heavy atom. The quantitative estimate of drug-likeness (QED) is 0.696. The van der Waals surface area contributed by atoms with Crippen LogP contribution in [0.25, 0.3) is 0 Å². The second kappa shape index (κ2) is 5.10. The number of anilines is 1. The van der Waals surface area contributed by atoms with Crippen molar-refractivity contribution in [1.29, 1.82) is 0 Å². The van der Waals surface area contributed by atoms with Crippen LogP contribution < -0.4 is 10.3 Å². The van der Waals surface area contributed by atoms with Gasteiger partial charge in [-0.3, -0.25) is 10.5 Å². The van der Waals surface area contributed by atoms with Gasteiger partial charge in [0, 0.05) is 16.1 Å². The standard InChI is InChI=1S/C13H11BrN2O/c14-11-6-4-10(5-7-11)12(17)9-16-8-2-1-3-13(16)15/h1-8,15H,9H2/p+1. The molecule has 0 bridgehead atoms. The van der Waals surface area contributed by atoms with E-state index in [0.717, 1.165) is 4.47 Å². The smallest absolute Gasteiger partial charge is 0.272 e. The first kappa shape index (κ1) is 11.8. The molecule has 3 nitrogen and oxygen atoms in total. The fourth-order valence-corrected chi connectivity index (χ4v) is 1.78. The molecule has 0 spiro atoms. The lowest BCUT2D eigenvalue weighted by atomic mass is 10.1. The number of nitrogens with two attached hydrogens (primary N) is 1. The molecule has 1 aromatic heterocycles. The number of pyridine rings is 1. The van der Waals surface area contributed by atoms with E-state index < -0.39 is 0 Å². The molecule has 0 atom stereocenters. The zero-order chi connectivity index (χ0) is 12.3. The van der Waals surface area contributed by atoms with Gasteiger partial charge in [0.2, 0.25) is 5.78 Å². The third-order valence-corrected chi connectivity index (χ3v) is 2.98. The van der Waals surface area contributed by atoms with Crippen molar-refractivity contribution in [3.63, 3.8) is 0 Å². The minimum atomic E-state index is 0.0420. The van der Waals surface area contributed by atoms with Gasteiger partial charge in [0.15, 0.2) is 6.54 Å². The highest BCUT2D eigenvalue weighted by Crippen LogP contribution is 2.11. The molecule has 1 aromatic carbocycles. The van der Waals surface area contributed by atoms with Crippen molar-refractivity contribution >= 4 is 27.5 Å². The van der Waals surface area contributed by atoms with E-state index in [1.807, 2.05) is 24.3 Å². The van der Waals surface area contributed by atoms with E-state index in [2.05, 4.69) is 15.9 Å². The van der Waals surface area contributed by atoms with Crippen LogP contribution in [0.5, 0.6) is 0 Å². The van der Waals surface area contributed by atoms with Gasteiger partial charge in [-0.25, -0.2) is 4.57 Å². The normalized spacial score (nSPS) is 10.2. The van der Waals surface area contributed by atoms with Crippen molar-refractivity contribution in [1.82, 2.24) is 0 Å². The molecule has 0 fully saturated rings. The molecule has 4 heteroatoms. The summed E-state index contributed by atoms with van der Waals surface area (Å²) in [6.07, 6.45) is 1.80. The second-order valence-corrected chi connectivity index (χ2v) is 4.60. The molecule has 2 N–H and O–H groups in total. The summed E-state index contributed by atoms with van der Waals surface area (Å²) in [5.74, 6) is 0.623. The first-order chi connectivity index (χ1) is 8.16. The topological polar surface area (TPSA) is 47.0 Å². The molecule has 0 amide bonds. The Bertz CT molecular complexity index is 537. The number of benzene rings is 1. The zero-order valence-corrected chi connectivity index (χ0v) is 10.7. The van der Waals surface area contributed by atoms with Crippen molar-refractivity contribution in [2.45, 2.75) is 6.54 Å². The molecule has 0 aliphatic rings. The minimum absolute atomic E-state index is 0.0420. The van der Waals surface area contributed by atoms with Crippen molar-refractivity contribution < 1.29 is 9.36 Å². The lowest BCUT2D eigenvalue weighted by molar-refractivity contribution is -0.668. The van der Waals surface area contributed by atoms with Gasteiger partial charge in [-0.2, -0.15) is 0 Å². The predicted octanol–water partition coefficient (Wildman–Crippen LogP) is 2.20. The number of hydrogen-bond acceptors (Lipinski definition) is 2. The van der Waals surface area contributed by atoms with Gasteiger partial charge >= 0.3 is 0 Å². The van der Waals surface area contributed by atoms with Crippen LogP contribution in [0.3, 0.4) is 0 Å². The molecule has 0 unspecified atom stereocenters. The molecule has 1 heterocycles. The molecule has 2 aromatic rings. The fourth-order valence-electron chi connectivity index (χ4n) is 1.52. The third kappa shape index (κ3) is 2.91. The third-order valence-electron chi connectivity index (χ3n) is 2.46. The molecule has 86 valence electrons. The van der Waals surface area contributed by atoms with Crippen LogP contribution in [0.15, 0.2) is 53.1 Å². The molecule has 0 radical (unpaired) electrons. The van der Waals surface area contributed by atoms with Gasteiger partial charge in [0.1, 0.15) is 0 Å². The van der Waals surface area contributed by atoms with Crippen LogP contribution in [0, 0.1) is 0 Å². The minimum Gasteiger partial charge on any atom is -0.290 e. The maximum atomic E-state index is 12.0. The van der Waals surface area contributed by atoms with Crippen LogP contribution in [0.2, 0.25) is 0 Å². The average molecular weight is 292 g/mol. The fraction of sp³-hybridized carbons (Fsp3) is 0.0769. The number of nitrogens with zero attached hydrogens (tertiary/aromatic N) is 1. The average Bonchev–Trinajstić information content (AvgIpc) is 2.33. The van der Waals surface area contributed by atoms with E-state index in [-0.39, 0.29) is 12.3 Å². The molecule has 0 saturated carbocycles. The van der Waals surface area contributed by atoms with Crippen molar-refractivity contribution in [3.05, 3.63) is 58.7 Å². The van der Waals surface area contributed by atoms with Gasteiger partial charge < -0.3 is 0 Å². The Hall–Kier alpha value is -1.68. The summed E-state index contributed by atoms with van der Waals surface area (Å²) >= 11 is 3.34. The highest BCUT2D eigenvalue weighted by atomic mass is 79.9. The van der Waals surface area contributed by atoms with E-state index in [0.29, 0.717) is 11.4 Å². The number of nitrogen functional groups attached to an aromatic ring is 1. The summed E-state index contributed by atoms with van der Waals surface area (Å²) in [4.78, 5) is 12.0. The molecule has 0 aliphatic heterocycles. The largest absolute Gasteiger partial charge is 0.290 e. The molecular weight excluding hydrogens is 280 g/mol. The summed E-state index contributed by atoms with van der Waals surface area (Å²) in [5, 5.41) is 0. The van der Waals surface area contributed by atoms with Gasteiger partial charge in [0.05, 0.1) is 6.20 Å². The van der Waals surface area contributed by atoms with Gasteiger partial charge in [-0.1, -0.05) is 34.1 Å². The molecule has 17 heavy (non-hydrogen) atoms. The number of aromatic nitrogens is 1. The maximum absolute atomic E-state index is 12.0. The predicted molar refractivity (Wildman–Crippen MR) is 69.5 cm³/mol. The molecular formula is C13H12BrN2O+. The highest BCUT2D eigenvalue weighted by molar-refractivity contribution is 9.10. The number of hydrogen-bond donors (Lipinski definition) is 1. The van der Waals surface area contributed by atoms with Crippen molar-refractivity contribution in [2.75, 3.05) is 5.73 Å². The Kier molecular flexibility index (Phi) is 3.54. The van der Waals surface area contributed by atoms with E-state index in [1.165, 1.54) is 0 Å². The van der Waals surface area contributed by atoms with Gasteiger partial charge in [0.25, 0.3) is 5.82 Å². The van der Waals surface area contributed by atoms with Crippen LogP contribution >= 0.6 is 15.9 Å². The maximum Gasteiger partial charge on any atom is 0.272 e. The monoisotopic (exact) mass is 291 g/mol. The summed E-state index contributed by atoms with van der Waals surface area (Å²) in [6, 6.07) is 12.8. The Balaban J connectivity index is 2.17. The van der Waals surface area contributed by atoms with Crippen molar-refractivity contribution in [2.24, 2.45) is 0 Å². The number of carbonyl (C=O) groups excluding carboxylic acids is 1. The number of carbonyl (C=O) groups is 1. The van der Waals surface area contributed by atoms with E-state index in [9.17, 15) is 4.79 Å². The van der Waals surface area contributed by atoms with Crippen LogP contribution in [-0.4, -0.2) is 5.78 Å². The first-order valence-electron chi connectivity index (χ1n) is 5.19. The molecule has 0 aliphatic carbocycles.